The molecule has 22 heavy (non-hydrogen) atoms. The highest BCUT2D eigenvalue weighted by atomic mass is 32.1. The van der Waals surface area contributed by atoms with E-state index in [9.17, 15) is 5.11 Å². The fraction of sp³-hybridized carbons (Fsp3) is 0.429. The maximum absolute atomic E-state index is 10.6. The van der Waals surface area contributed by atoms with Gasteiger partial charge in [-0.15, -0.1) is 5.10 Å². The molecule has 4 rings (SSSR count). The molecular formula is C14H16N4O3S. The molecular weight excluding hydrogens is 304 g/mol. The molecule has 0 amide bonds. The zero-order valence-corrected chi connectivity index (χ0v) is 12.9. The molecule has 3 aromatic heterocycles. The number of ether oxygens (including phenoxy) is 1. The number of thiazole rings is 1. The van der Waals surface area contributed by atoms with Crippen molar-refractivity contribution in [1.29, 1.82) is 0 Å². The van der Waals surface area contributed by atoms with Crippen LogP contribution in [0.2, 0.25) is 0 Å². The predicted octanol–water partition coefficient (Wildman–Crippen LogP) is 1.82. The Balaban J connectivity index is 1.81. The molecule has 1 aliphatic heterocycles. The second-order valence-electron chi connectivity index (χ2n) is 5.21. The van der Waals surface area contributed by atoms with Crippen LogP contribution in [0.4, 0.5) is 0 Å². The molecule has 0 saturated carbocycles. The third-order valence-electron chi connectivity index (χ3n) is 3.78. The second-order valence-corrected chi connectivity index (χ2v) is 6.22. The number of nitrogens with zero attached hydrogens (tertiary/aromatic N) is 4. The van der Waals surface area contributed by atoms with Gasteiger partial charge < -0.3 is 14.3 Å². The topological polar surface area (TPSA) is 76.0 Å². The van der Waals surface area contributed by atoms with Crippen LogP contribution in [0.25, 0.3) is 4.96 Å². The summed E-state index contributed by atoms with van der Waals surface area (Å²) in [4.78, 5) is 8.08. The Hall–Kier alpha value is -1.90. The maximum Gasteiger partial charge on any atom is 0.230 e. The standard InChI is InChI=1S/C14H16N4O3S/c1-9-15-14-18(16-9)13(19)12(22-14)11(10-3-2-6-21-10)17-4-7-20-8-5-17/h2-3,6,11,19H,4-5,7-8H2,1H3/t11-/m0/s1. The molecule has 0 unspecified atom stereocenters. The average molecular weight is 320 g/mol. The number of fused-ring (bicyclic) bond motifs is 1. The molecule has 4 heterocycles. The summed E-state index contributed by atoms with van der Waals surface area (Å²) >= 11 is 1.44. The molecule has 1 fully saturated rings. The van der Waals surface area contributed by atoms with E-state index in [4.69, 9.17) is 9.15 Å². The van der Waals surface area contributed by atoms with Crippen LogP contribution < -0.4 is 0 Å². The van der Waals surface area contributed by atoms with E-state index in [0.717, 1.165) is 23.7 Å². The number of furan rings is 1. The Labute approximate surface area is 130 Å². The number of aromatic nitrogens is 3. The van der Waals surface area contributed by atoms with Gasteiger partial charge in [0.05, 0.1) is 24.4 Å². The number of rotatable bonds is 3. The van der Waals surface area contributed by atoms with Gasteiger partial charge in [0.1, 0.15) is 17.6 Å². The predicted molar refractivity (Wildman–Crippen MR) is 80.2 cm³/mol. The van der Waals surface area contributed by atoms with Crippen LogP contribution in [0.1, 0.15) is 22.5 Å². The van der Waals surface area contributed by atoms with E-state index in [1.54, 1.807) is 6.26 Å². The Morgan fingerprint density at radius 3 is 2.86 bits per heavy atom. The highest BCUT2D eigenvalue weighted by molar-refractivity contribution is 7.17. The van der Waals surface area contributed by atoms with Crippen molar-refractivity contribution < 1.29 is 14.3 Å². The summed E-state index contributed by atoms with van der Waals surface area (Å²) < 4.78 is 12.5. The molecule has 1 saturated heterocycles. The zero-order valence-electron chi connectivity index (χ0n) is 12.1. The number of morpholine rings is 1. The van der Waals surface area contributed by atoms with E-state index in [2.05, 4.69) is 15.0 Å². The first-order valence-corrected chi connectivity index (χ1v) is 7.96. The van der Waals surface area contributed by atoms with Crippen LogP contribution in [-0.4, -0.2) is 50.9 Å². The van der Waals surface area contributed by atoms with Gasteiger partial charge in [-0.2, -0.15) is 4.52 Å². The van der Waals surface area contributed by atoms with Crippen molar-refractivity contribution in [1.82, 2.24) is 19.5 Å². The van der Waals surface area contributed by atoms with Gasteiger partial charge in [-0.05, 0) is 19.1 Å². The number of hydrogen-bond acceptors (Lipinski definition) is 7. The van der Waals surface area contributed by atoms with Crippen molar-refractivity contribution in [2.24, 2.45) is 0 Å². The molecule has 0 radical (unpaired) electrons. The molecule has 1 N–H and O–H groups in total. The first kappa shape index (κ1) is 13.7. The van der Waals surface area contributed by atoms with Gasteiger partial charge in [-0.1, -0.05) is 11.3 Å². The van der Waals surface area contributed by atoms with E-state index in [1.807, 2.05) is 19.1 Å². The summed E-state index contributed by atoms with van der Waals surface area (Å²) in [5, 5.41) is 14.8. The van der Waals surface area contributed by atoms with Crippen molar-refractivity contribution in [3.05, 3.63) is 34.9 Å². The summed E-state index contributed by atoms with van der Waals surface area (Å²) in [5.74, 6) is 1.58. The van der Waals surface area contributed by atoms with Gasteiger partial charge in [-0.25, -0.2) is 4.98 Å². The first-order valence-electron chi connectivity index (χ1n) is 7.14. The van der Waals surface area contributed by atoms with Crippen LogP contribution >= 0.6 is 11.3 Å². The normalized spacial score (nSPS) is 18.0. The maximum atomic E-state index is 10.6. The van der Waals surface area contributed by atoms with Crippen molar-refractivity contribution in [2.45, 2.75) is 13.0 Å². The Bertz CT molecular complexity index is 774. The van der Waals surface area contributed by atoms with Crippen molar-refractivity contribution in [3.63, 3.8) is 0 Å². The molecule has 0 aromatic carbocycles. The van der Waals surface area contributed by atoms with Crippen molar-refractivity contribution in [2.75, 3.05) is 26.3 Å². The minimum Gasteiger partial charge on any atom is -0.492 e. The van der Waals surface area contributed by atoms with Crippen LogP contribution in [-0.2, 0) is 4.74 Å². The third kappa shape index (κ3) is 2.20. The lowest BCUT2D eigenvalue weighted by Crippen LogP contribution is -2.39. The quantitative estimate of drug-likeness (QED) is 0.793. The fourth-order valence-corrected chi connectivity index (χ4v) is 3.93. The summed E-state index contributed by atoms with van der Waals surface area (Å²) in [6, 6.07) is 3.65. The van der Waals surface area contributed by atoms with Crippen LogP contribution in [0.15, 0.2) is 22.8 Å². The lowest BCUT2D eigenvalue weighted by Gasteiger charge is -2.32. The fourth-order valence-electron chi connectivity index (χ4n) is 2.78. The van der Waals surface area contributed by atoms with Crippen molar-refractivity contribution in [3.8, 4) is 5.88 Å². The second kappa shape index (κ2) is 5.38. The average Bonchev–Trinajstić information content (AvgIpc) is 3.22. The highest BCUT2D eigenvalue weighted by Gasteiger charge is 2.32. The summed E-state index contributed by atoms with van der Waals surface area (Å²) in [6.07, 6.45) is 1.65. The van der Waals surface area contributed by atoms with Gasteiger partial charge in [0.25, 0.3) is 0 Å². The first-order chi connectivity index (χ1) is 10.7. The number of aromatic hydroxyl groups is 1. The van der Waals surface area contributed by atoms with Gasteiger partial charge in [-0.3, -0.25) is 4.90 Å². The number of hydrogen-bond donors (Lipinski definition) is 1. The Morgan fingerprint density at radius 2 is 2.18 bits per heavy atom. The minimum absolute atomic E-state index is 0.133. The Kier molecular flexibility index (Phi) is 3.36. The molecule has 0 aliphatic carbocycles. The summed E-state index contributed by atoms with van der Waals surface area (Å²) in [5.41, 5.74) is 0. The number of aryl methyl sites for hydroxylation is 1. The molecule has 1 aliphatic rings. The van der Waals surface area contributed by atoms with Crippen LogP contribution in [0.5, 0.6) is 5.88 Å². The molecule has 0 spiro atoms. The molecule has 7 nitrogen and oxygen atoms in total. The van der Waals surface area contributed by atoms with Crippen LogP contribution in [0, 0.1) is 6.92 Å². The molecule has 1 atom stereocenters. The monoisotopic (exact) mass is 320 g/mol. The zero-order chi connectivity index (χ0) is 15.1. The van der Waals surface area contributed by atoms with E-state index in [0.29, 0.717) is 24.0 Å². The van der Waals surface area contributed by atoms with E-state index < -0.39 is 0 Å². The van der Waals surface area contributed by atoms with E-state index in [1.165, 1.54) is 15.9 Å². The van der Waals surface area contributed by atoms with E-state index >= 15 is 0 Å². The molecule has 3 aromatic rings. The largest absolute Gasteiger partial charge is 0.492 e. The minimum atomic E-state index is -0.146. The van der Waals surface area contributed by atoms with Gasteiger partial charge in [0.15, 0.2) is 0 Å². The van der Waals surface area contributed by atoms with Gasteiger partial charge >= 0.3 is 0 Å². The summed E-state index contributed by atoms with van der Waals surface area (Å²) in [7, 11) is 0. The lowest BCUT2D eigenvalue weighted by atomic mass is 10.1. The molecule has 116 valence electrons. The van der Waals surface area contributed by atoms with Gasteiger partial charge in [0.2, 0.25) is 10.8 Å². The van der Waals surface area contributed by atoms with Gasteiger partial charge in [0, 0.05) is 13.1 Å². The lowest BCUT2D eigenvalue weighted by molar-refractivity contribution is 0.0203. The third-order valence-corrected chi connectivity index (χ3v) is 4.85. The highest BCUT2D eigenvalue weighted by Crippen LogP contribution is 2.40. The van der Waals surface area contributed by atoms with E-state index in [-0.39, 0.29) is 11.9 Å². The Morgan fingerprint density at radius 1 is 1.36 bits per heavy atom. The summed E-state index contributed by atoms with van der Waals surface area (Å²) in [6.45, 7) is 4.75. The van der Waals surface area contributed by atoms with Crippen LogP contribution in [0.3, 0.4) is 0 Å². The van der Waals surface area contributed by atoms with Crippen molar-refractivity contribution >= 4 is 16.3 Å². The smallest absolute Gasteiger partial charge is 0.230 e. The molecule has 0 bridgehead atoms. The molecule has 8 heteroatoms. The SMILES string of the molecule is Cc1nc2sc([C@H](c3ccco3)N3CCOCC3)c(O)n2n1.